The molecule has 3 rings (SSSR count). The first-order valence-electron chi connectivity index (χ1n) is 6.59. The van der Waals surface area contributed by atoms with Crippen molar-refractivity contribution in [2.24, 2.45) is 5.41 Å². The summed E-state index contributed by atoms with van der Waals surface area (Å²) < 4.78 is 0.287. The highest BCUT2D eigenvalue weighted by atomic mass is 32.2. The van der Waals surface area contributed by atoms with E-state index in [-0.39, 0.29) is 4.08 Å². The van der Waals surface area contributed by atoms with Crippen molar-refractivity contribution < 1.29 is 0 Å². The molecule has 2 aromatic carbocycles. The molecule has 0 N–H and O–H groups in total. The second kappa shape index (κ2) is 4.92. The van der Waals surface area contributed by atoms with E-state index in [0.717, 1.165) is 0 Å². The third-order valence-corrected chi connectivity index (χ3v) is 7.20. The Morgan fingerprint density at radius 2 is 1.11 bits per heavy atom. The van der Waals surface area contributed by atoms with Gasteiger partial charge in [-0.1, -0.05) is 50.2 Å². The summed E-state index contributed by atoms with van der Waals surface area (Å²) in [7, 11) is 0. The van der Waals surface area contributed by atoms with Gasteiger partial charge in [0.1, 0.15) is 0 Å². The van der Waals surface area contributed by atoms with Crippen molar-refractivity contribution in [1.29, 1.82) is 0 Å². The highest BCUT2D eigenvalue weighted by Crippen LogP contribution is 2.72. The second-order valence-corrected chi connectivity index (χ2v) is 8.65. The van der Waals surface area contributed by atoms with E-state index in [9.17, 15) is 0 Å². The van der Waals surface area contributed by atoms with E-state index in [1.807, 2.05) is 23.5 Å². The molecule has 98 valence electrons. The summed E-state index contributed by atoms with van der Waals surface area (Å²) in [5.74, 6) is 0. The fourth-order valence-corrected chi connectivity index (χ4v) is 5.78. The van der Waals surface area contributed by atoms with Crippen molar-refractivity contribution in [3.63, 3.8) is 0 Å². The second-order valence-electron chi connectivity index (χ2n) is 5.64. The molecule has 1 aliphatic carbocycles. The van der Waals surface area contributed by atoms with Crippen LogP contribution in [0.2, 0.25) is 0 Å². The first-order chi connectivity index (χ1) is 9.11. The number of rotatable bonds is 4. The van der Waals surface area contributed by atoms with Crippen molar-refractivity contribution in [2.75, 3.05) is 0 Å². The zero-order valence-corrected chi connectivity index (χ0v) is 12.9. The van der Waals surface area contributed by atoms with Gasteiger partial charge in [-0.2, -0.15) is 0 Å². The highest BCUT2D eigenvalue weighted by Gasteiger charge is 2.62. The van der Waals surface area contributed by atoms with Crippen molar-refractivity contribution in [3.8, 4) is 0 Å². The number of benzene rings is 2. The molecule has 0 amide bonds. The lowest BCUT2D eigenvalue weighted by atomic mass is 10.2. The molecular weight excluding hydrogens is 268 g/mol. The van der Waals surface area contributed by atoms with Crippen LogP contribution in [0.5, 0.6) is 0 Å². The van der Waals surface area contributed by atoms with Gasteiger partial charge in [0.15, 0.2) is 0 Å². The SMILES string of the molecule is CC1(C)CC1(Sc1ccccc1)Sc1ccccc1. The lowest BCUT2D eigenvalue weighted by Gasteiger charge is -2.19. The fourth-order valence-electron chi connectivity index (χ4n) is 2.26. The molecule has 2 aromatic rings. The Labute approximate surface area is 124 Å². The third kappa shape index (κ3) is 2.70. The maximum absolute atomic E-state index is 2.37. The smallest absolute Gasteiger partial charge is 0.0762 e. The molecule has 0 heterocycles. The van der Waals surface area contributed by atoms with Gasteiger partial charge in [-0.05, 0) is 36.1 Å². The monoisotopic (exact) mass is 286 g/mol. The summed E-state index contributed by atoms with van der Waals surface area (Å²) >= 11 is 4.04. The van der Waals surface area contributed by atoms with Crippen LogP contribution in [0.15, 0.2) is 70.5 Å². The Kier molecular flexibility index (Phi) is 3.40. The van der Waals surface area contributed by atoms with Crippen LogP contribution < -0.4 is 0 Å². The van der Waals surface area contributed by atoms with Crippen LogP contribution in [0.1, 0.15) is 20.3 Å². The predicted octanol–water partition coefficient (Wildman–Crippen LogP) is 5.70. The van der Waals surface area contributed by atoms with Crippen LogP contribution >= 0.6 is 23.5 Å². The maximum Gasteiger partial charge on any atom is 0.0762 e. The van der Waals surface area contributed by atoms with E-state index in [1.54, 1.807) is 0 Å². The summed E-state index contributed by atoms with van der Waals surface area (Å²) in [6, 6.07) is 21.5. The molecule has 0 spiro atoms. The lowest BCUT2D eigenvalue weighted by molar-refractivity contribution is 0.646. The standard InChI is InChI=1S/C17H18S2/c1-16(2)13-17(16,18-14-9-5-3-6-10-14)19-15-11-7-4-8-12-15/h3-12H,13H2,1-2H3. The Hall–Kier alpha value is -0.860. The Morgan fingerprint density at radius 3 is 1.42 bits per heavy atom. The van der Waals surface area contributed by atoms with Gasteiger partial charge in [0, 0.05) is 9.79 Å². The van der Waals surface area contributed by atoms with Crippen molar-refractivity contribution in [2.45, 2.75) is 34.1 Å². The summed E-state index contributed by atoms with van der Waals surface area (Å²) in [6.07, 6.45) is 1.26. The zero-order valence-electron chi connectivity index (χ0n) is 11.3. The van der Waals surface area contributed by atoms with E-state index < -0.39 is 0 Å². The topological polar surface area (TPSA) is 0 Å². The van der Waals surface area contributed by atoms with Gasteiger partial charge < -0.3 is 0 Å². The van der Waals surface area contributed by atoms with E-state index >= 15 is 0 Å². The minimum absolute atomic E-state index is 0.287. The molecule has 0 nitrogen and oxygen atoms in total. The van der Waals surface area contributed by atoms with Crippen molar-refractivity contribution in [1.82, 2.24) is 0 Å². The minimum atomic E-state index is 0.287. The van der Waals surface area contributed by atoms with Crippen LogP contribution in [0.3, 0.4) is 0 Å². The first-order valence-corrected chi connectivity index (χ1v) is 8.23. The van der Waals surface area contributed by atoms with E-state index in [2.05, 4.69) is 74.5 Å². The van der Waals surface area contributed by atoms with Crippen LogP contribution in [-0.4, -0.2) is 4.08 Å². The highest BCUT2D eigenvalue weighted by molar-refractivity contribution is 8.18. The van der Waals surface area contributed by atoms with E-state index in [1.165, 1.54) is 16.2 Å². The van der Waals surface area contributed by atoms with Gasteiger partial charge in [-0.3, -0.25) is 0 Å². The number of hydrogen-bond acceptors (Lipinski definition) is 2. The lowest BCUT2D eigenvalue weighted by Crippen LogP contribution is -2.06. The predicted molar refractivity (Wildman–Crippen MR) is 85.7 cm³/mol. The molecule has 0 unspecified atom stereocenters. The van der Waals surface area contributed by atoms with Gasteiger partial charge in [0.25, 0.3) is 0 Å². The average molecular weight is 286 g/mol. The molecule has 0 aromatic heterocycles. The zero-order chi connectivity index (χ0) is 13.3. The van der Waals surface area contributed by atoms with Gasteiger partial charge in [-0.25, -0.2) is 0 Å². The number of thioether (sulfide) groups is 2. The largest absolute Gasteiger partial charge is 0.107 e. The normalized spacial score (nSPS) is 19.1. The average Bonchev–Trinajstić information content (AvgIpc) is 2.92. The van der Waals surface area contributed by atoms with Gasteiger partial charge >= 0.3 is 0 Å². The van der Waals surface area contributed by atoms with Crippen molar-refractivity contribution >= 4 is 23.5 Å². The molecule has 0 radical (unpaired) electrons. The van der Waals surface area contributed by atoms with Crippen LogP contribution in [0.4, 0.5) is 0 Å². The summed E-state index contributed by atoms with van der Waals surface area (Å²) in [6.45, 7) is 4.75. The number of hydrogen-bond donors (Lipinski definition) is 0. The minimum Gasteiger partial charge on any atom is -0.107 e. The Bertz CT molecular complexity index is 504. The molecule has 0 saturated heterocycles. The van der Waals surface area contributed by atoms with E-state index in [0.29, 0.717) is 5.41 Å². The summed E-state index contributed by atoms with van der Waals surface area (Å²) in [4.78, 5) is 2.74. The Morgan fingerprint density at radius 1 is 0.737 bits per heavy atom. The van der Waals surface area contributed by atoms with E-state index in [4.69, 9.17) is 0 Å². The van der Waals surface area contributed by atoms with Gasteiger partial charge in [0.2, 0.25) is 0 Å². The first kappa shape index (κ1) is 13.1. The molecule has 19 heavy (non-hydrogen) atoms. The Balaban J connectivity index is 1.82. The molecule has 2 heteroatoms. The summed E-state index contributed by atoms with van der Waals surface area (Å²) in [5, 5.41) is 0. The molecule has 0 atom stereocenters. The maximum atomic E-state index is 2.37. The van der Waals surface area contributed by atoms with Crippen molar-refractivity contribution in [3.05, 3.63) is 60.7 Å². The third-order valence-electron chi connectivity index (χ3n) is 3.63. The molecule has 0 bridgehead atoms. The van der Waals surface area contributed by atoms with Crippen LogP contribution in [-0.2, 0) is 0 Å². The fraction of sp³-hybridized carbons (Fsp3) is 0.294. The quantitative estimate of drug-likeness (QED) is 0.661. The van der Waals surface area contributed by atoms with Gasteiger partial charge in [-0.15, -0.1) is 23.5 Å². The van der Waals surface area contributed by atoms with Crippen LogP contribution in [0.25, 0.3) is 0 Å². The van der Waals surface area contributed by atoms with Crippen LogP contribution in [0, 0.1) is 5.41 Å². The van der Waals surface area contributed by atoms with Gasteiger partial charge in [0.05, 0.1) is 4.08 Å². The molecule has 1 aliphatic rings. The molecule has 0 aliphatic heterocycles. The molecular formula is C17H18S2. The summed E-state index contributed by atoms with van der Waals surface area (Å²) in [5.41, 5.74) is 0.397. The molecule has 1 saturated carbocycles. The molecule has 1 fully saturated rings.